The molecule has 0 aromatic heterocycles. The molecule has 126 valence electrons. The smallest absolute Gasteiger partial charge is 0.383 e. The van der Waals surface area contributed by atoms with Crippen LogP contribution in [0.2, 0.25) is 0 Å². The van der Waals surface area contributed by atoms with Gasteiger partial charge in [0.15, 0.2) is 0 Å². The van der Waals surface area contributed by atoms with E-state index in [9.17, 15) is 26.0 Å². The van der Waals surface area contributed by atoms with E-state index in [1.165, 1.54) is 7.11 Å². The highest BCUT2D eigenvalue weighted by molar-refractivity contribution is 7.89. The number of sulfonamides is 1. The molecule has 0 amide bonds. The monoisotopic (exact) mass is 344 g/mol. The summed E-state index contributed by atoms with van der Waals surface area (Å²) in [6.07, 6.45) is -4.97. The van der Waals surface area contributed by atoms with Crippen LogP contribution in [0.5, 0.6) is 0 Å². The Kier molecular flexibility index (Phi) is 6.72. The van der Waals surface area contributed by atoms with Crippen LogP contribution in [0.1, 0.15) is 5.56 Å². The van der Waals surface area contributed by atoms with Gasteiger partial charge >= 0.3 is 6.18 Å². The van der Waals surface area contributed by atoms with Gasteiger partial charge in [-0.15, -0.1) is 0 Å². The van der Waals surface area contributed by atoms with Crippen molar-refractivity contribution >= 4 is 10.0 Å². The van der Waals surface area contributed by atoms with Crippen molar-refractivity contribution in [3.8, 4) is 0 Å². The van der Waals surface area contributed by atoms with E-state index in [2.05, 4.69) is 5.32 Å². The second-order valence-electron chi connectivity index (χ2n) is 4.28. The molecule has 10 heteroatoms. The molecule has 0 aliphatic heterocycles. The number of halogens is 4. The molecule has 0 spiro atoms. The first-order valence-corrected chi connectivity index (χ1v) is 7.73. The first-order chi connectivity index (χ1) is 10.2. The van der Waals surface area contributed by atoms with E-state index in [-0.39, 0.29) is 19.2 Å². The lowest BCUT2D eigenvalue weighted by Crippen LogP contribution is -2.34. The van der Waals surface area contributed by atoms with Crippen molar-refractivity contribution in [1.29, 1.82) is 0 Å². The zero-order valence-electron chi connectivity index (χ0n) is 11.7. The Balaban J connectivity index is 2.81. The number of nitrogens with one attached hydrogen (secondary N) is 2. The Bertz CT molecular complexity index is 591. The number of hydrogen-bond acceptors (Lipinski definition) is 4. The van der Waals surface area contributed by atoms with Crippen molar-refractivity contribution in [2.24, 2.45) is 0 Å². The number of hydrogen-bond donors (Lipinski definition) is 2. The largest absolute Gasteiger partial charge is 0.417 e. The van der Waals surface area contributed by atoms with Crippen LogP contribution in [0, 0.1) is 5.82 Å². The Morgan fingerprint density at radius 2 is 1.86 bits per heavy atom. The second kappa shape index (κ2) is 7.86. The van der Waals surface area contributed by atoms with Crippen LogP contribution >= 0.6 is 0 Å². The zero-order chi connectivity index (χ0) is 16.8. The molecule has 0 saturated heterocycles. The fraction of sp³-hybridized carbons (Fsp3) is 0.500. The second-order valence-corrected chi connectivity index (χ2v) is 6.01. The van der Waals surface area contributed by atoms with Crippen LogP contribution < -0.4 is 10.0 Å². The summed E-state index contributed by atoms with van der Waals surface area (Å²) >= 11 is 0. The van der Waals surface area contributed by atoms with Crippen LogP contribution in [-0.4, -0.2) is 41.8 Å². The minimum Gasteiger partial charge on any atom is -0.383 e. The Hall–Kier alpha value is -1.23. The van der Waals surface area contributed by atoms with Crippen molar-refractivity contribution in [3.05, 3.63) is 29.6 Å². The molecule has 0 fully saturated rings. The van der Waals surface area contributed by atoms with E-state index in [0.29, 0.717) is 25.3 Å². The number of rotatable bonds is 8. The molecule has 1 aromatic rings. The van der Waals surface area contributed by atoms with Crippen molar-refractivity contribution in [2.45, 2.75) is 11.1 Å². The summed E-state index contributed by atoms with van der Waals surface area (Å²) < 4.78 is 82.0. The van der Waals surface area contributed by atoms with Gasteiger partial charge in [0.25, 0.3) is 0 Å². The summed E-state index contributed by atoms with van der Waals surface area (Å²) in [7, 11) is -2.89. The first-order valence-electron chi connectivity index (χ1n) is 6.24. The molecular weight excluding hydrogens is 328 g/mol. The van der Waals surface area contributed by atoms with E-state index < -0.39 is 32.5 Å². The standard InChI is InChI=1S/C12H16F4N2O3S/c1-21-7-6-17-4-5-18-22(19,20)11-3-2-9(13)8-10(11)12(14,15)16/h2-3,8,17-18H,4-7H2,1H3. The third kappa shape index (κ3) is 5.52. The molecule has 0 unspecified atom stereocenters. The summed E-state index contributed by atoms with van der Waals surface area (Å²) in [5.41, 5.74) is -1.53. The fourth-order valence-corrected chi connectivity index (χ4v) is 2.85. The van der Waals surface area contributed by atoms with Gasteiger partial charge in [0, 0.05) is 26.7 Å². The summed E-state index contributed by atoms with van der Waals surface area (Å²) in [4.78, 5) is -1.00. The highest BCUT2D eigenvalue weighted by Crippen LogP contribution is 2.34. The molecular formula is C12H16F4N2O3S. The number of benzene rings is 1. The molecule has 0 aliphatic carbocycles. The molecule has 0 saturated carbocycles. The van der Waals surface area contributed by atoms with Crippen molar-refractivity contribution in [3.63, 3.8) is 0 Å². The lowest BCUT2D eigenvalue weighted by atomic mass is 10.2. The molecule has 0 heterocycles. The van der Waals surface area contributed by atoms with E-state index in [1.54, 1.807) is 0 Å². The lowest BCUT2D eigenvalue weighted by Gasteiger charge is -2.14. The van der Waals surface area contributed by atoms with Gasteiger partial charge in [-0.05, 0) is 18.2 Å². The minimum absolute atomic E-state index is 0.110. The van der Waals surface area contributed by atoms with Gasteiger partial charge in [-0.1, -0.05) is 0 Å². The molecule has 1 rings (SSSR count). The first kappa shape index (κ1) is 18.8. The number of methoxy groups -OCH3 is 1. The molecule has 0 aliphatic rings. The third-order valence-corrected chi connectivity index (χ3v) is 4.13. The predicted octanol–water partition coefficient (Wildman–Crippen LogP) is 1.36. The van der Waals surface area contributed by atoms with Gasteiger partial charge in [-0.3, -0.25) is 0 Å². The van der Waals surface area contributed by atoms with Crippen molar-refractivity contribution < 1.29 is 30.7 Å². The third-order valence-electron chi connectivity index (χ3n) is 2.61. The Morgan fingerprint density at radius 1 is 1.18 bits per heavy atom. The van der Waals surface area contributed by atoms with Crippen molar-refractivity contribution in [2.75, 3.05) is 33.4 Å². The van der Waals surface area contributed by atoms with Gasteiger partial charge in [0.05, 0.1) is 17.1 Å². The molecule has 5 nitrogen and oxygen atoms in total. The summed E-state index contributed by atoms with van der Waals surface area (Å²) in [6, 6.07) is 1.42. The van der Waals surface area contributed by atoms with Gasteiger partial charge in [-0.2, -0.15) is 13.2 Å². The van der Waals surface area contributed by atoms with Gasteiger partial charge in [0.1, 0.15) is 5.82 Å². The fourth-order valence-electron chi connectivity index (χ4n) is 1.61. The van der Waals surface area contributed by atoms with Crippen LogP contribution in [0.15, 0.2) is 23.1 Å². The zero-order valence-corrected chi connectivity index (χ0v) is 12.5. The van der Waals surface area contributed by atoms with Crippen LogP contribution in [-0.2, 0) is 20.9 Å². The Labute approximate surface area is 125 Å². The van der Waals surface area contributed by atoms with E-state index in [0.717, 1.165) is 0 Å². The van der Waals surface area contributed by atoms with Gasteiger partial charge in [0.2, 0.25) is 10.0 Å². The molecule has 1 aromatic carbocycles. The average molecular weight is 344 g/mol. The molecule has 22 heavy (non-hydrogen) atoms. The maximum Gasteiger partial charge on any atom is 0.417 e. The van der Waals surface area contributed by atoms with Gasteiger partial charge < -0.3 is 10.1 Å². The average Bonchev–Trinajstić information content (AvgIpc) is 2.41. The van der Waals surface area contributed by atoms with E-state index in [1.807, 2.05) is 4.72 Å². The van der Waals surface area contributed by atoms with Crippen LogP contribution in [0.3, 0.4) is 0 Å². The minimum atomic E-state index is -4.97. The predicted molar refractivity (Wildman–Crippen MR) is 71.3 cm³/mol. The normalized spacial score (nSPS) is 12.6. The maximum absolute atomic E-state index is 13.0. The SMILES string of the molecule is COCCNCCNS(=O)(=O)c1ccc(F)cc1C(F)(F)F. The van der Waals surface area contributed by atoms with E-state index >= 15 is 0 Å². The quantitative estimate of drug-likeness (QED) is 0.552. The van der Waals surface area contributed by atoms with E-state index in [4.69, 9.17) is 4.74 Å². The van der Waals surface area contributed by atoms with Gasteiger partial charge in [-0.25, -0.2) is 17.5 Å². The molecule has 0 bridgehead atoms. The summed E-state index contributed by atoms with van der Waals surface area (Å²) in [5.74, 6) is -1.16. The molecule has 2 N–H and O–H groups in total. The lowest BCUT2D eigenvalue weighted by molar-refractivity contribution is -0.140. The van der Waals surface area contributed by atoms with Crippen LogP contribution in [0.4, 0.5) is 17.6 Å². The highest BCUT2D eigenvalue weighted by Gasteiger charge is 2.37. The van der Waals surface area contributed by atoms with Crippen LogP contribution in [0.25, 0.3) is 0 Å². The number of ether oxygens (including phenoxy) is 1. The highest BCUT2D eigenvalue weighted by atomic mass is 32.2. The topological polar surface area (TPSA) is 67.4 Å². The van der Waals surface area contributed by atoms with Crippen molar-refractivity contribution in [1.82, 2.24) is 10.0 Å². The summed E-state index contributed by atoms with van der Waals surface area (Å²) in [6.45, 7) is 0.997. The number of alkyl halides is 3. The molecule has 0 radical (unpaired) electrons. The molecule has 0 atom stereocenters. The Morgan fingerprint density at radius 3 is 2.45 bits per heavy atom. The summed E-state index contributed by atoms with van der Waals surface area (Å²) in [5, 5.41) is 2.83. The maximum atomic E-state index is 13.0.